The molecule has 5 nitrogen and oxygen atoms in total. The third-order valence-corrected chi connectivity index (χ3v) is 3.93. The van der Waals surface area contributed by atoms with Crippen molar-refractivity contribution in [1.82, 2.24) is 15.1 Å². The lowest BCUT2D eigenvalue weighted by molar-refractivity contribution is 0.0330. The molecule has 0 radical (unpaired) electrons. The van der Waals surface area contributed by atoms with Gasteiger partial charge in [-0.3, -0.25) is 4.90 Å². The first-order valence-electron chi connectivity index (χ1n) is 7.17. The fourth-order valence-corrected chi connectivity index (χ4v) is 2.74. The molecule has 2 N–H and O–H groups in total. The molecular weight excluding hydrogens is 230 g/mol. The van der Waals surface area contributed by atoms with E-state index in [4.69, 9.17) is 4.74 Å². The summed E-state index contributed by atoms with van der Waals surface area (Å²) in [5.41, 5.74) is 0. The molecule has 0 aromatic carbocycles. The Morgan fingerprint density at radius 3 is 2.61 bits per heavy atom. The van der Waals surface area contributed by atoms with Crippen molar-refractivity contribution in [2.24, 2.45) is 0 Å². The first-order chi connectivity index (χ1) is 8.78. The van der Waals surface area contributed by atoms with Crippen LogP contribution in [0.25, 0.3) is 0 Å². The lowest BCUT2D eigenvalue weighted by atomic mass is 10.2. The highest BCUT2D eigenvalue weighted by molar-refractivity contribution is 4.80. The average molecular weight is 257 g/mol. The maximum Gasteiger partial charge on any atom is 0.0597 e. The predicted molar refractivity (Wildman–Crippen MR) is 71.8 cm³/mol. The molecule has 2 fully saturated rings. The summed E-state index contributed by atoms with van der Waals surface area (Å²) in [6, 6.07) is 0.739. The minimum absolute atomic E-state index is 0.229. The zero-order valence-electron chi connectivity index (χ0n) is 11.5. The van der Waals surface area contributed by atoms with E-state index < -0.39 is 0 Å². The normalized spacial score (nSPS) is 32.3. The lowest BCUT2D eigenvalue weighted by Crippen LogP contribution is -2.45. The van der Waals surface area contributed by atoms with E-state index in [2.05, 4.69) is 22.0 Å². The quantitative estimate of drug-likeness (QED) is 0.702. The fraction of sp³-hybridized carbons (Fsp3) is 1.00. The van der Waals surface area contributed by atoms with E-state index in [1.807, 2.05) is 0 Å². The number of aliphatic hydroxyl groups excluding tert-OH is 1. The van der Waals surface area contributed by atoms with Crippen LogP contribution in [0.15, 0.2) is 0 Å². The Hall–Kier alpha value is -0.200. The summed E-state index contributed by atoms with van der Waals surface area (Å²) < 4.78 is 5.36. The minimum Gasteiger partial charge on any atom is -0.395 e. The van der Waals surface area contributed by atoms with Gasteiger partial charge in [-0.25, -0.2) is 0 Å². The van der Waals surface area contributed by atoms with Gasteiger partial charge in [0.15, 0.2) is 0 Å². The van der Waals surface area contributed by atoms with Gasteiger partial charge in [-0.1, -0.05) is 0 Å². The third kappa shape index (κ3) is 4.48. The standard InChI is InChI=1S/C13H27N3O2/c1-12-2-3-16(10-13(11-17)14-12)5-4-15-6-8-18-9-7-15/h12-14,17H,2-11H2,1H3. The van der Waals surface area contributed by atoms with E-state index in [9.17, 15) is 5.11 Å². The van der Waals surface area contributed by atoms with Crippen LogP contribution in [0.2, 0.25) is 0 Å². The van der Waals surface area contributed by atoms with Gasteiger partial charge in [-0.2, -0.15) is 0 Å². The second-order valence-corrected chi connectivity index (χ2v) is 5.49. The Balaban J connectivity index is 1.73. The third-order valence-electron chi connectivity index (χ3n) is 3.93. The van der Waals surface area contributed by atoms with Gasteiger partial charge < -0.3 is 20.1 Å². The Bertz CT molecular complexity index is 234. The zero-order chi connectivity index (χ0) is 12.8. The largest absolute Gasteiger partial charge is 0.395 e. The highest BCUT2D eigenvalue weighted by atomic mass is 16.5. The first kappa shape index (κ1) is 14.2. The van der Waals surface area contributed by atoms with Crippen molar-refractivity contribution in [3.63, 3.8) is 0 Å². The van der Waals surface area contributed by atoms with Crippen molar-refractivity contribution in [3.8, 4) is 0 Å². The van der Waals surface area contributed by atoms with Crippen LogP contribution >= 0.6 is 0 Å². The zero-order valence-corrected chi connectivity index (χ0v) is 11.5. The molecule has 0 aromatic rings. The number of morpholine rings is 1. The Morgan fingerprint density at radius 1 is 1.17 bits per heavy atom. The number of nitrogens with one attached hydrogen (secondary N) is 1. The molecule has 2 aliphatic heterocycles. The molecule has 5 heteroatoms. The van der Waals surface area contributed by atoms with Gasteiger partial charge in [-0.15, -0.1) is 0 Å². The topological polar surface area (TPSA) is 48.0 Å². The van der Waals surface area contributed by atoms with Crippen LogP contribution in [0.4, 0.5) is 0 Å². The highest BCUT2D eigenvalue weighted by Gasteiger charge is 2.21. The van der Waals surface area contributed by atoms with Crippen molar-refractivity contribution >= 4 is 0 Å². The van der Waals surface area contributed by atoms with Gasteiger partial charge in [0.05, 0.1) is 19.8 Å². The maximum atomic E-state index is 9.35. The molecule has 2 atom stereocenters. The number of hydrogen-bond acceptors (Lipinski definition) is 5. The fourth-order valence-electron chi connectivity index (χ4n) is 2.74. The molecule has 2 unspecified atom stereocenters. The summed E-state index contributed by atoms with van der Waals surface area (Å²) in [6.45, 7) is 10.6. The molecular formula is C13H27N3O2. The van der Waals surface area contributed by atoms with E-state index in [1.54, 1.807) is 0 Å². The van der Waals surface area contributed by atoms with Gasteiger partial charge in [0.2, 0.25) is 0 Å². The van der Waals surface area contributed by atoms with Gasteiger partial charge in [0.25, 0.3) is 0 Å². The summed E-state index contributed by atoms with van der Waals surface area (Å²) in [7, 11) is 0. The van der Waals surface area contributed by atoms with Crippen LogP contribution in [0.5, 0.6) is 0 Å². The molecule has 0 saturated carbocycles. The monoisotopic (exact) mass is 257 g/mol. The van der Waals surface area contributed by atoms with Gasteiger partial charge >= 0.3 is 0 Å². The molecule has 2 aliphatic rings. The van der Waals surface area contributed by atoms with E-state index in [1.165, 1.54) is 6.42 Å². The van der Waals surface area contributed by atoms with Crippen molar-refractivity contribution in [3.05, 3.63) is 0 Å². The molecule has 18 heavy (non-hydrogen) atoms. The Morgan fingerprint density at radius 2 is 1.89 bits per heavy atom. The summed E-state index contributed by atoms with van der Waals surface area (Å²) in [5, 5.41) is 12.8. The average Bonchev–Trinajstić information content (AvgIpc) is 2.59. The first-order valence-corrected chi connectivity index (χ1v) is 7.17. The Kier molecular flexibility index (Phi) is 5.85. The number of aliphatic hydroxyl groups is 1. The van der Waals surface area contributed by atoms with E-state index in [0.29, 0.717) is 6.04 Å². The molecule has 0 spiro atoms. The molecule has 0 aromatic heterocycles. The number of hydrogen-bond donors (Lipinski definition) is 2. The molecule has 2 heterocycles. The summed E-state index contributed by atoms with van der Waals surface area (Å²) in [6.07, 6.45) is 1.17. The summed E-state index contributed by atoms with van der Waals surface area (Å²) >= 11 is 0. The second-order valence-electron chi connectivity index (χ2n) is 5.49. The molecule has 2 rings (SSSR count). The van der Waals surface area contributed by atoms with E-state index in [0.717, 1.165) is 52.5 Å². The van der Waals surface area contributed by atoms with E-state index in [-0.39, 0.29) is 12.6 Å². The van der Waals surface area contributed by atoms with Crippen LogP contribution in [-0.4, -0.2) is 86.1 Å². The summed E-state index contributed by atoms with van der Waals surface area (Å²) in [5.74, 6) is 0. The predicted octanol–water partition coefficient (Wildman–Crippen LogP) is -0.637. The van der Waals surface area contributed by atoms with Crippen molar-refractivity contribution < 1.29 is 9.84 Å². The summed E-state index contributed by atoms with van der Waals surface area (Å²) in [4.78, 5) is 4.95. The van der Waals surface area contributed by atoms with Crippen LogP contribution < -0.4 is 5.32 Å². The van der Waals surface area contributed by atoms with Gasteiger partial charge in [0.1, 0.15) is 0 Å². The van der Waals surface area contributed by atoms with Crippen molar-refractivity contribution in [2.75, 3.05) is 59.1 Å². The van der Waals surface area contributed by atoms with Crippen molar-refractivity contribution in [2.45, 2.75) is 25.4 Å². The molecule has 106 valence electrons. The number of nitrogens with zero attached hydrogens (tertiary/aromatic N) is 2. The van der Waals surface area contributed by atoms with Crippen LogP contribution in [0, 0.1) is 0 Å². The second kappa shape index (κ2) is 7.40. The smallest absolute Gasteiger partial charge is 0.0597 e. The Labute approximate surface area is 110 Å². The SMILES string of the molecule is CC1CCN(CCN2CCOCC2)CC(CO)N1. The maximum absolute atomic E-state index is 9.35. The van der Waals surface area contributed by atoms with Crippen LogP contribution in [-0.2, 0) is 4.74 Å². The van der Waals surface area contributed by atoms with Gasteiger partial charge in [0, 0.05) is 44.8 Å². The number of rotatable bonds is 4. The van der Waals surface area contributed by atoms with Crippen molar-refractivity contribution in [1.29, 1.82) is 0 Å². The lowest BCUT2D eigenvalue weighted by Gasteiger charge is -2.30. The van der Waals surface area contributed by atoms with Crippen LogP contribution in [0.1, 0.15) is 13.3 Å². The molecule has 0 bridgehead atoms. The van der Waals surface area contributed by atoms with E-state index >= 15 is 0 Å². The molecule has 0 aliphatic carbocycles. The molecule has 2 saturated heterocycles. The minimum atomic E-state index is 0.229. The number of ether oxygens (including phenoxy) is 1. The van der Waals surface area contributed by atoms with Gasteiger partial charge in [-0.05, 0) is 19.9 Å². The van der Waals surface area contributed by atoms with Crippen LogP contribution in [0.3, 0.4) is 0 Å². The molecule has 0 amide bonds. The highest BCUT2D eigenvalue weighted by Crippen LogP contribution is 2.06.